The quantitative estimate of drug-likeness (QED) is 0.810. The van der Waals surface area contributed by atoms with Crippen molar-refractivity contribution >= 4 is 11.4 Å². The third kappa shape index (κ3) is 2.21. The lowest BCUT2D eigenvalue weighted by molar-refractivity contribution is 0.309. The summed E-state index contributed by atoms with van der Waals surface area (Å²) in [5.41, 5.74) is 9.09. The molecule has 3 heteroatoms. The Kier molecular flexibility index (Phi) is 2.97. The van der Waals surface area contributed by atoms with Gasteiger partial charge in [-0.05, 0) is 30.5 Å². The SMILES string of the molecule is Nc1ccc2c(c1)OCCN2CC1=CCCC=C1. The predicted molar refractivity (Wildman–Crippen MR) is 75.0 cm³/mol. The van der Waals surface area contributed by atoms with E-state index in [4.69, 9.17) is 10.5 Å². The Labute approximate surface area is 108 Å². The average molecular weight is 242 g/mol. The zero-order valence-corrected chi connectivity index (χ0v) is 10.4. The van der Waals surface area contributed by atoms with Gasteiger partial charge in [-0.15, -0.1) is 0 Å². The standard InChI is InChI=1S/C15H18N2O/c16-13-6-7-14-15(10-13)18-9-8-17(14)11-12-4-2-1-3-5-12/h2,4-7,10H,1,3,8-9,11,16H2. The van der Waals surface area contributed by atoms with Crippen LogP contribution in [0.25, 0.3) is 0 Å². The molecule has 2 N–H and O–H groups in total. The van der Waals surface area contributed by atoms with Gasteiger partial charge in [0.2, 0.25) is 0 Å². The van der Waals surface area contributed by atoms with Crippen LogP contribution in [0.15, 0.2) is 42.0 Å². The lowest BCUT2D eigenvalue weighted by atomic mass is 10.1. The van der Waals surface area contributed by atoms with E-state index < -0.39 is 0 Å². The molecule has 0 atom stereocenters. The molecule has 0 fully saturated rings. The van der Waals surface area contributed by atoms with Gasteiger partial charge in [0.05, 0.1) is 12.2 Å². The summed E-state index contributed by atoms with van der Waals surface area (Å²) in [7, 11) is 0. The summed E-state index contributed by atoms with van der Waals surface area (Å²) in [4.78, 5) is 2.36. The maximum Gasteiger partial charge on any atom is 0.144 e. The monoisotopic (exact) mass is 242 g/mol. The number of hydrogen-bond acceptors (Lipinski definition) is 3. The number of hydrogen-bond donors (Lipinski definition) is 1. The van der Waals surface area contributed by atoms with Crippen LogP contribution in [0.2, 0.25) is 0 Å². The van der Waals surface area contributed by atoms with Crippen LogP contribution in [0.4, 0.5) is 11.4 Å². The number of benzene rings is 1. The molecule has 0 amide bonds. The van der Waals surface area contributed by atoms with Gasteiger partial charge in [-0.3, -0.25) is 0 Å². The van der Waals surface area contributed by atoms with Crippen LogP contribution in [0.5, 0.6) is 5.75 Å². The molecule has 1 aliphatic heterocycles. The fourth-order valence-electron chi connectivity index (χ4n) is 2.46. The molecule has 0 radical (unpaired) electrons. The Hall–Kier alpha value is -1.90. The van der Waals surface area contributed by atoms with Gasteiger partial charge in [-0.2, -0.15) is 0 Å². The first-order chi connectivity index (χ1) is 8.83. The minimum Gasteiger partial charge on any atom is -0.489 e. The Morgan fingerprint density at radius 3 is 3.06 bits per heavy atom. The van der Waals surface area contributed by atoms with Crippen molar-refractivity contribution in [2.75, 3.05) is 30.3 Å². The molecule has 1 aliphatic carbocycles. The van der Waals surface area contributed by atoms with Crippen molar-refractivity contribution in [2.45, 2.75) is 12.8 Å². The highest BCUT2D eigenvalue weighted by atomic mass is 16.5. The second-order valence-electron chi connectivity index (χ2n) is 4.76. The molecule has 0 unspecified atom stereocenters. The van der Waals surface area contributed by atoms with Gasteiger partial charge in [0.1, 0.15) is 12.4 Å². The summed E-state index contributed by atoms with van der Waals surface area (Å²) in [5, 5.41) is 0. The molecule has 94 valence electrons. The predicted octanol–water partition coefficient (Wildman–Crippen LogP) is 2.74. The molecule has 0 saturated heterocycles. The molecule has 0 bridgehead atoms. The van der Waals surface area contributed by atoms with Gasteiger partial charge in [-0.25, -0.2) is 0 Å². The van der Waals surface area contributed by atoms with Crippen LogP contribution < -0.4 is 15.4 Å². The number of fused-ring (bicyclic) bond motifs is 1. The van der Waals surface area contributed by atoms with E-state index in [1.165, 1.54) is 12.0 Å². The second-order valence-corrected chi connectivity index (χ2v) is 4.76. The van der Waals surface area contributed by atoms with E-state index in [-0.39, 0.29) is 0 Å². The van der Waals surface area contributed by atoms with Crippen molar-refractivity contribution in [2.24, 2.45) is 0 Å². The smallest absolute Gasteiger partial charge is 0.144 e. The van der Waals surface area contributed by atoms with Crippen molar-refractivity contribution in [3.8, 4) is 5.75 Å². The summed E-state index contributed by atoms with van der Waals surface area (Å²) in [6.07, 6.45) is 9.13. The number of nitrogen functional groups attached to an aromatic ring is 1. The fraction of sp³-hybridized carbons (Fsp3) is 0.333. The third-order valence-electron chi connectivity index (χ3n) is 3.39. The van der Waals surface area contributed by atoms with Crippen LogP contribution in [0, 0.1) is 0 Å². The average Bonchev–Trinajstić information content (AvgIpc) is 2.40. The Bertz CT molecular complexity index is 505. The molecule has 18 heavy (non-hydrogen) atoms. The van der Waals surface area contributed by atoms with Crippen LogP contribution in [0.1, 0.15) is 12.8 Å². The van der Waals surface area contributed by atoms with Gasteiger partial charge in [0.15, 0.2) is 0 Å². The van der Waals surface area contributed by atoms with E-state index in [2.05, 4.69) is 29.2 Å². The van der Waals surface area contributed by atoms with Crippen LogP contribution >= 0.6 is 0 Å². The Morgan fingerprint density at radius 1 is 1.28 bits per heavy atom. The summed E-state index contributed by atoms with van der Waals surface area (Å²) >= 11 is 0. The molecule has 0 aromatic heterocycles. The molecule has 3 rings (SSSR count). The van der Waals surface area contributed by atoms with Crippen molar-refractivity contribution in [3.63, 3.8) is 0 Å². The van der Waals surface area contributed by atoms with E-state index in [1.807, 2.05) is 12.1 Å². The van der Waals surface area contributed by atoms with Gasteiger partial charge in [0, 0.05) is 18.3 Å². The van der Waals surface area contributed by atoms with Crippen molar-refractivity contribution in [1.82, 2.24) is 0 Å². The molecule has 3 nitrogen and oxygen atoms in total. The first-order valence-corrected chi connectivity index (χ1v) is 6.46. The summed E-state index contributed by atoms with van der Waals surface area (Å²) in [6.45, 7) is 2.62. The lowest BCUT2D eigenvalue weighted by Crippen LogP contribution is -2.34. The third-order valence-corrected chi connectivity index (χ3v) is 3.39. The summed E-state index contributed by atoms with van der Waals surface area (Å²) < 4.78 is 5.66. The van der Waals surface area contributed by atoms with Crippen molar-refractivity contribution < 1.29 is 4.74 Å². The molecule has 1 heterocycles. The zero-order valence-electron chi connectivity index (χ0n) is 10.4. The van der Waals surface area contributed by atoms with E-state index in [9.17, 15) is 0 Å². The number of allylic oxidation sites excluding steroid dienone is 2. The molecule has 2 aliphatic rings. The number of anilines is 2. The minimum absolute atomic E-state index is 0.730. The highest BCUT2D eigenvalue weighted by Crippen LogP contribution is 2.33. The van der Waals surface area contributed by atoms with Crippen molar-refractivity contribution in [1.29, 1.82) is 0 Å². The number of nitrogens with zero attached hydrogens (tertiary/aromatic N) is 1. The van der Waals surface area contributed by atoms with Gasteiger partial charge >= 0.3 is 0 Å². The van der Waals surface area contributed by atoms with Gasteiger partial charge < -0.3 is 15.4 Å². The topological polar surface area (TPSA) is 38.5 Å². The molecule has 1 aromatic carbocycles. The zero-order chi connectivity index (χ0) is 12.4. The summed E-state index contributed by atoms with van der Waals surface area (Å²) in [5.74, 6) is 0.904. The maximum atomic E-state index is 5.79. The molecular weight excluding hydrogens is 224 g/mol. The van der Waals surface area contributed by atoms with Crippen LogP contribution in [0.3, 0.4) is 0 Å². The summed E-state index contributed by atoms with van der Waals surface area (Å²) in [6, 6.07) is 5.90. The Morgan fingerprint density at radius 2 is 2.22 bits per heavy atom. The van der Waals surface area contributed by atoms with Crippen LogP contribution in [-0.4, -0.2) is 19.7 Å². The first kappa shape index (κ1) is 11.2. The molecular formula is C15H18N2O. The number of ether oxygens (including phenoxy) is 1. The molecule has 0 saturated carbocycles. The Balaban J connectivity index is 1.83. The fourth-order valence-corrected chi connectivity index (χ4v) is 2.46. The van der Waals surface area contributed by atoms with Crippen molar-refractivity contribution in [3.05, 3.63) is 42.0 Å². The lowest BCUT2D eigenvalue weighted by Gasteiger charge is -2.32. The number of nitrogens with two attached hydrogens (primary N) is 1. The van der Waals surface area contributed by atoms with Crippen LogP contribution in [-0.2, 0) is 0 Å². The maximum absolute atomic E-state index is 5.79. The van der Waals surface area contributed by atoms with E-state index in [0.29, 0.717) is 0 Å². The second kappa shape index (κ2) is 4.77. The highest BCUT2D eigenvalue weighted by molar-refractivity contribution is 5.65. The minimum atomic E-state index is 0.730. The van der Waals surface area contributed by atoms with E-state index in [1.54, 1.807) is 0 Å². The van der Waals surface area contributed by atoms with Gasteiger partial charge in [-0.1, -0.05) is 18.2 Å². The normalized spacial score (nSPS) is 18.0. The molecule has 1 aromatic rings. The largest absolute Gasteiger partial charge is 0.489 e. The van der Waals surface area contributed by atoms with E-state index in [0.717, 1.165) is 43.2 Å². The first-order valence-electron chi connectivity index (χ1n) is 6.46. The van der Waals surface area contributed by atoms with E-state index >= 15 is 0 Å². The van der Waals surface area contributed by atoms with Gasteiger partial charge in [0.25, 0.3) is 0 Å². The number of rotatable bonds is 2. The highest BCUT2D eigenvalue weighted by Gasteiger charge is 2.18. The molecule has 0 spiro atoms.